The van der Waals surface area contributed by atoms with Crippen molar-refractivity contribution >= 4 is 13.9 Å². The second-order valence-corrected chi connectivity index (χ2v) is 3.65. The summed E-state index contributed by atoms with van der Waals surface area (Å²) in [6, 6.07) is 0. The summed E-state index contributed by atoms with van der Waals surface area (Å²) in [5.41, 5.74) is 0. The summed E-state index contributed by atoms with van der Waals surface area (Å²) in [5, 5.41) is 0. The van der Waals surface area contributed by atoms with E-state index < -0.39 is 8.03 Å². The van der Waals surface area contributed by atoms with Crippen molar-refractivity contribution in [1.29, 1.82) is 0 Å². The number of hydrogen-bond donors (Lipinski definition) is 0. The molecule has 0 saturated carbocycles. The quantitative estimate of drug-likeness (QED) is 0.353. The maximum absolute atomic E-state index is 10.9. The van der Waals surface area contributed by atoms with Crippen molar-refractivity contribution in [3.8, 4) is 0 Å². The maximum Gasteiger partial charge on any atom is 1.00 e. The predicted octanol–water partition coefficient (Wildman–Crippen LogP) is -3.28. The van der Waals surface area contributed by atoms with Gasteiger partial charge in [0.1, 0.15) is 0 Å². The van der Waals surface area contributed by atoms with Crippen LogP contribution in [-0.2, 0) is 9.36 Å². The van der Waals surface area contributed by atoms with Crippen LogP contribution in [0.2, 0.25) is 0 Å². The molecule has 0 aromatic carbocycles. The van der Waals surface area contributed by atoms with Crippen LogP contribution in [0, 0.1) is 0 Å². The van der Waals surface area contributed by atoms with Gasteiger partial charge in [-0.15, -0.1) is 0 Å². The fourth-order valence-electron chi connectivity index (χ4n) is 1.14. The third kappa shape index (κ3) is 3.97. The number of carbonyl (C=O) groups is 1. The first-order chi connectivity index (χ1) is 5.20. The van der Waals surface area contributed by atoms with Gasteiger partial charge in [-0.3, -0.25) is 4.79 Å². The molecule has 1 atom stereocenters. The van der Waals surface area contributed by atoms with Gasteiger partial charge in [0.2, 0.25) is 5.91 Å². The average molecular weight is 198 g/mol. The van der Waals surface area contributed by atoms with E-state index in [1.54, 1.807) is 4.90 Å². The minimum atomic E-state index is -2.33. The van der Waals surface area contributed by atoms with Crippen LogP contribution in [0.3, 0.4) is 0 Å². The van der Waals surface area contributed by atoms with Gasteiger partial charge in [0.05, 0.1) is 6.54 Å². The molecule has 62 valence electrons. The molecule has 1 aliphatic rings. The van der Waals surface area contributed by atoms with Gasteiger partial charge in [-0.05, 0) is 6.42 Å². The summed E-state index contributed by atoms with van der Waals surface area (Å²) in [5.74, 6) is 0.0850. The van der Waals surface area contributed by atoms with E-state index in [2.05, 4.69) is 0 Å². The minimum Gasteiger partial charge on any atom is -0.596 e. The molecule has 6 heteroatoms. The predicted molar refractivity (Wildman–Crippen MR) is 38.3 cm³/mol. The molecule has 12 heavy (non-hydrogen) atoms. The van der Waals surface area contributed by atoms with Crippen LogP contribution in [0.25, 0.3) is 0 Å². The first-order valence-corrected chi connectivity index (χ1v) is 4.96. The van der Waals surface area contributed by atoms with Gasteiger partial charge < -0.3 is 9.79 Å². The zero-order valence-electron chi connectivity index (χ0n) is 7.15. The van der Waals surface area contributed by atoms with E-state index in [1.807, 2.05) is 0 Å². The first-order valence-electron chi connectivity index (χ1n) is 3.60. The standard InChI is InChI=1S/C6H10NO3P.Na/c8-6-2-1-3-7(6)4-5-11(9)10;/h1-5H2;/q;+1. The van der Waals surface area contributed by atoms with E-state index in [4.69, 9.17) is 0 Å². The minimum absolute atomic E-state index is 0. The summed E-state index contributed by atoms with van der Waals surface area (Å²) >= 11 is 0. The number of carbonyl (C=O) groups excluding carboxylic acids is 1. The fraction of sp³-hybridized carbons (Fsp3) is 0.833. The van der Waals surface area contributed by atoms with Crippen LogP contribution in [0.15, 0.2) is 0 Å². The molecule has 1 heterocycles. The summed E-state index contributed by atoms with van der Waals surface area (Å²) < 4.78 is 10.2. The SMILES string of the molecule is O=C1CCCN1CC[P+](=O)[O-].[Na+]. The van der Waals surface area contributed by atoms with Crippen LogP contribution in [0.5, 0.6) is 0 Å². The monoisotopic (exact) mass is 198 g/mol. The molecule has 1 unspecified atom stereocenters. The molecule has 0 aromatic heterocycles. The Kier molecular flexibility index (Phi) is 6.32. The third-order valence-electron chi connectivity index (χ3n) is 1.72. The third-order valence-corrected chi connectivity index (χ3v) is 2.29. The molecule has 1 fully saturated rings. The van der Waals surface area contributed by atoms with Gasteiger partial charge in [-0.1, -0.05) is 4.57 Å². The number of rotatable bonds is 3. The zero-order valence-corrected chi connectivity index (χ0v) is 10.0. The molecule has 0 spiro atoms. The number of likely N-dealkylation sites (tertiary alicyclic amines) is 1. The van der Waals surface area contributed by atoms with E-state index in [1.165, 1.54) is 0 Å². The Morgan fingerprint density at radius 2 is 2.25 bits per heavy atom. The topological polar surface area (TPSA) is 60.4 Å². The summed E-state index contributed by atoms with van der Waals surface area (Å²) in [6.07, 6.45) is 1.55. The smallest absolute Gasteiger partial charge is 0.596 e. The van der Waals surface area contributed by atoms with E-state index >= 15 is 0 Å². The molecule has 1 saturated heterocycles. The van der Waals surface area contributed by atoms with Crippen molar-refractivity contribution in [1.82, 2.24) is 4.90 Å². The molecule has 1 amide bonds. The van der Waals surface area contributed by atoms with Crippen molar-refractivity contribution in [3.63, 3.8) is 0 Å². The normalized spacial score (nSPS) is 17.6. The van der Waals surface area contributed by atoms with Crippen molar-refractivity contribution in [2.75, 3.05) is 19.3 Å². The summed E-state index contributed by atoms with van der Waals surface area (Å²) in [6.45, 7) is 1.10. The second-order valence-electron chi connectivity index (χ2n) is 2.54. The molecule has 0 bridgehead atoms. The molecule has 0 radical (unpaired) electrons. The van der Waals surface area contributed by atoms with Crippen LogP contribution >= 0.6 is 8.03 Å². The van der Waals surface area contributed by atoms with E-state index in [0.29, 0.717) is 13.0 Å². The van der Waals surface area contributed by atoms with Crippen molar-refractivity contribution < 1.29 is 43.8 Å². The molecule has 0 N–H and O–H groups in total. The zero-order chi connectivity index (χ0) is 8.27. The Morgan fingerprint density at radius 1 is 1.58 bits per heavy atom. The summed E-state index contributed by atoms with van der Waals surface area (Å²) in [7, 11) is -2.33. The Labute approximate surface area is 94.5 Å². The van der Waals surface area contributed by atoms with Gasteiger partial charge in [-0.2, -0.15) is 0 Å². The van der Waals surface area contributed by atoms with Crippen LogP contribution in [0.4, 0.5) is 0 Å². The molecule has 1 rings (SSSR count). The average Bonchev–Trinajstić information content (AvgIpc) is 2.31. The number of nitrogens with zero attached hydrogens (tertiary/aromatic N) is 1. The van der Waals surface area contributed by atoms with Gasteiger partial charge in [0.25, 0.3) is 0 Å². The molecule has 0 aromatic rings. The largest absolute Gasteiger partial charge is 1.00 e. The van der Waals surface area contributed by atoms with Crippen LogP contribution in [0.1, 0.15) is 12.8 Å². The van der Waals surface area contributed by atoms with Crippen molar-refractivity contribution in [2.45, 2.75) is 12.8 Å². The fourth-order valence-corrected chi connectivity index (χ4v) is 1.55. The van der Waals surface area contributed by atoms with Crippen LogP contribution < -0.4 is 34.5 Å². The van der Waals surface area contributed by atoms with E-state index in [9.17, 15) is 14.3 Å². The summed E-state index contributed by atoms with van der Waals surface area (Å²) in [4.78, 5) is 22.7. The number of amides is 1. The Bertz CT molecular complexity index is 188. The molecule has 1 aliphatic heterocycles. The van der Waals surface area contributed by atoms with Gasteiger partial charge in [0, 0.05) is 13.0 Å². The van der Waals surface area contributed by atoms with Crippen LogP contribution in [-0.4, -0.2) is 30.1 Å². The van der Waals surface area contributed by atoms with Gasteiger partial charge in [0.15, 0.2) is 6.16 Å². The van der Waals surface area contributed by atoms with E-state index in [0.717, 1.165) is 13.0 Å². The Morgan fingerprint density at radius 3 is 2.67 bits per heavy atom. The van der Waals surface area contributed by atoms with Crippen molar-refractivity contribution in [2.24, 2.45) is 0 Å². The maximum atomic E-state index is 10.9. The van der Waals surface area contributed by atoms with Gasteiger partial charge in [-0.25, -0.2) is 0 Å². The first kappa shape index (κ1) is 12.5. The second kappa shape index (κ2) is 6.06. The van der Waals surface area contributed by atoms with Gasteiger partial charge >= 0.3 is 37.6 Å². The molecular formula is C6H10NNaO3P+. The Hall–Kier alpha value is 0.530. The Balaban J connectivity index is 0.00000121. The molecule has 0 aliphatic carbocycles. The number of hydrogen-bond acceptors (Lipinski definition) is 3. The van der Waals surface area contributed by atoms with Crippen molar-refractivity contribution in [3.05, 3.63) is 0 Å². The molecule has 4 nitrogen and oxygen atoms in total. The molecular weight excluding hydrogens is 188 g/mol. The van der Waals surface area contributed by atoms with E-state index in [-0.39, 0.29) is 41.6 Å².